The van der Waals surface area contributed by atoms with Crippen molar-refractivity contribution in [3.63, 3.8) is 0 Å². The Morgan fingerprint density at radius 1 is 1.38 bits per heavy atom. The average Bonchev–Trinajstić information content (AvgIpc) is 2.17. The largest absolute Gasteiger partial charge is 0.471 e. The van der Waals surface area contributed by atoms with Gasteiger partial charge in [0, 0.05) is 0 Å². The number of hydrogen-bond donors (Lipinski definition) is 2. The van der Waals surface area contributed by atoms with Gasteiger partial charge in [-0.15, -0.1) is 0 Å². The zero-order valence-electron chi connectivity index (χ0n) is 6.77. The van der Waals surface area contributed by atoms with E-state index in [0.717, 1.165) is 5.69 Å². The molecule has 0 bridgehead atoms. The zero-order valence-corrected chi connectivity index (χ0v) is 7.66. The van der Waals surface area contributed by atoms with E-state index in [9.17, 15) is 8.42 Å². The Morgan fingerprint density at radius 2 is 2.15 bits per heavy atom. The number of nitrogens with one attached hydrogen (secondary N) is 1. The van der Waals surface area contributed by atoms with Gasteiger partial charge in [0.05, 0.1) is 12.2 Å². The molecule has 1 aromatic rings. The SMILES string of the molecule is O=[SH](=O)C1CNc2ccccc2O1. The van der Waals surface area contributed by atoms with Crippen molar-refractivity contribution >= 4 is 16.4 Å². The smallest absolute Gasteiger partial charge is 0.213 e. The lowest BCUT2D eigenvalue weighted by Gasteiger charge is -2.23. The van der Waals surface area contributed by atoms with Gasteiger partial charge in [0.2, 0.25) is 5.44 Å². The highest BCUT2D eigenvalue weighted by molar-refractivity contribution is 7.73. The summed E-state index contributed by atoms with van der Waals surface area (Å²) >= 11 is 0. The molecule has 1 heterocycles. The van der Waals surface area contributed by atoms with E-state index in [2.05, 4.69) is 5.32 Å². The lowest BCUT2D eigenvalue weighted by atomic mass is 10.2. The summed E-state index contributed by atoms with van der Waals surface area (Å²) < 4.78 is 26.5. The van der Waals surface area contributed by atoms with Crippen molar-refractivity contribution in [1.29, 1.82) is 0 Å². The fourth-order valence-electron chi connectivity index (χ4n) is 1.22. The summed E-state index contributed by atoms with van der Waals surface area (Å²) in [6.07, 6.45) is 0. The second-order valence-corrected chi connectivity index (χ2v) is 3.88. The summed E-state index contributed by atoms with van der Waals surface area (Å²) in [5.74, 6) is 0.595. The number of rotatable bonds is 1. The molecule has 70 valence electrons. The summed E-state index contributed by atoms with van der Waals surface area (Å²) in [5.41, 5.74) is 0.0977. The highest BCUT2D eigenvalue weighted by atomic mass is 32.2. The molecule has 5 heteroatoms. The zero-order chi connectivity index (χ0) is 9.26. The molecule has 13 heavy (non-hydrogen) atoms. The van der Waals surface area contributed by atoms with E-state index in [0.29, 0.717) is 12.3 Å². The van der Waals surface area contributed by atoms with Gasteiger partial charge in [-0.1, -0.05) is 12.1 Å². The van der Waals surface area contributed by atoms with Crippen molar-refractivity contribution in [2.75, 3.05) is 11.9 Å². The Labute approximate surface area is 77.5 Å². The van der Waals surface area contributed by atoms with Gasteiger partial charge in [0.1, 0.15) is 5.75 Å². The fourth-order valence-corrected chi connectivity index (χ4v) is 1.66. The first kappa shape index (κ1) is 8.37. The molecule has 1 aromatic carbocycles. The topological polar surface area (TPSA) is 55.4 Å². The van der Waals surface area contributed by atoms with Gasteiger partial charge in [-0.3, -0.25) is 0 Å². The third kappa shape index (κ3) is 1.60. The third-order valence-corrected chi connectivity index (χ3v) is 2.61. The number of fused-ring (bicyclic) bond motifs is 1. The van der Waals surface area contributed by atoms with E-state index < -0.39 is 16.1 Å². The molecule has 0 amide bonds. The molecule has 1 N–H and O–H groups in total. The Bertz CT molecular complexity index is 381. The van der Waals surface area contributed by atoms with Crippen LogP contribution in [0.2, 0.25) is 0 Å². The van der Waals surface area contributed by atoms with Gasteiger partial charge in [0.25, 0.3) is 0 Å². The Kier molecular flexibility index (Phi) is 2.10. The maximum Gasteiger partial charge on any atom is 0.213 e. The minimum Gasteiger partial charge on any atom is -0.471 e. The number of ether oxygens (including phenoxy) is 1. The van der Waals surface area contributed by atoms with E-state index in [1.54, 1.807) is 12.1 Å². The van der Waals surface area contributed by atoms with Crippen LogP contribution in [-0.4, -0.2) is 20.4 Å². The normalized spacial score (nSPS) is 20.2. The Morgan fingerprint density at radius 3 is 2.92 bits per heavy atom. The number of hydrogen-bond acceptors (Lipinski definition) is 4. The minimum absolute atomic E-state index is 0.315. The van der Waals surface area contributed by atoms with Crippen LogP contribution < -0.4 is 10.1 Å². The molecule has 0 aromatic heterocycles. The van der Waals surface area contributed by atoms with Crippen LogP contribution in [0.15, 0.2) is 24.3 Å². The summed E-state index contributed by atoms with van der Waals surface area (Å²) in [4.78, 5) is 0. The van der Waals surface area contributed by atoms with Crippen LogP contribution in [0.4, 0.5) is 5.69 Å². The van der Waals surface area contributed by atoms with Gasteiger partial charge in [-0.2, -0.15) is 0 Å². The molecule has 0 radical (unpaired) electrons. The van der Waals surface area contributed by atoms with E-state index >= 15 is 0 Å². The van der Waals surface area contributed by atoms with Crippen molar-refractivity contribution in [3.05, 3.63) is 24.3 Å². The summed E-state index contributed by atoms with van der Waals surface area (Å²) in [6.45, 7) is 0.315. The highest BCUT2D eigenvalue weighted by Crippen LogP contribution is 2.28. The Hall–Kier alpha value is -1.23. The van der Waals surface area contributed by atoms with Crippen LogP contribution >= 0.6 is 0 Å². The fraction of sp³-hybridized carbons (Fsp3) is 0.250. The number of benzene rings is 1. The van der Waals surface area contributed by atoms with Crippen LogP contribution in [0.1, 0.15) is 0 Å². The molecular weight excluding hydrogens is 190 g/mol. The van der Waals surface area contributed by atoms with Crippen LogP contribution in [-0.2, 0) is 10.7 Å². The molecule has 0 saturated heterocycles. The average molecular weight is 199 g/mol. The summed E-state index contributed by atoms with van der Waals surface area (Å²) in [5, 5.41) is 2.99. The van der Waals surface area contributed by atoms with Crippen LogP contribution in [0.5, 0.6) is 5.75 Å². The van der Waals surface area contributed by atoms with Crippen molar-refractivity contribution in [3.8, 4) is 5.75 Å². The molecule has 1 atom stereocenters. The lowest BCUT2D eigenvalue weighted by molar-refractivity contribution is 0.280. The van der Waals surface area contributed by atoms with E-state index in [1.165, 1.54) is 0 Å². The first-order valence-corrected chi connectivity index (χ1v) is 5.15. The summed E-state index contributed by atoms with van der Waals surface area (Å²) in [6, 6.07) is 7.27. The van der Waals surface area contributed by atoms with Crippen LogP contribution in [0.3, 0.4) is 0 Å². The minimum atomic E-state index is -2.53. The van der Waals surface area contributed by atoms with Crippen molar-refractivity contribution < 1.29 is 13.2 Å². The molecule has 2 rings (SSSR count). The van der Waals surface area contributed by atoms with Crippen LogP contribution in [0.25, 0.3) is 0 Å². The Balaban J connectivity index is 2.29. The van der Waals surface area contributed by atoms with Gasteiger partial charge < -0.3 is 10.1 Å². The number of thiol groups is 1. The standard InChI is InChI=1S/C8H9NO3S/c10-13(11)8-5-9-6-3-1-2-4-7(6)12-8/h1-4,8-9,13H,5H2. The first-order valence-electron chi connectivity index (χ1n) is 3.90. The molecule has 0 aliphatic carbocycles. The maximum atomic E-state index is 10.6. The van der Waals surface area contributed by atoms with E-state index in [4.69, 9.17) is 4.74 Å². The predicted octanol–water partition coefficient (Wildman–Crippen LogP) is 0.428. The third-order valence-electron chi connectivity index (χ3n) is 1.85. The highest BCUT2D eigenvalue weighted by Gasteiger charge is 2.20. The molecule has 1 aliphatic heterocycles. The lowest BCUT2D eigenvalue weighted by Crippen LogP contribution is -2.31. The van der Waals surface area contributed by atoms with Gasteiger partial charge >= 0.3 is 0 Å². The van der Waals surface area contributed by atoms with Gasteiger partial charge in [-0.25, -0.2) is 8.42 Å². The van der Waals surface area contributed by atoms with Crippen LogP contribution in [0, 0.1) is 0 Å². The molecule has 0 saturated carbocycles. The van der Waals surface area contributed by atoms with E-state index in [-0.39, 0.29) is 0 Å². The van der Waals surface area contributed by atoms with Crippen molar-refractivity contribution in [2.45, 2.75) is 5.44 Å². The second kappa shape index (κ2) is 3.26. The molecule has 4 nitrogen and oxygen atoms in total. The quantitative estimate of drug-likeness (QED) is 0.644. The van der Waals surface area contributed by atoms with Gasteiger partial charge in [-0.05, 0) is 12.1 Å². The van der Waals surface area contributed by atoms with Crippen molar-refractivity contribution in [2.24, 2.45) is 0 Å². The summed E-state index contributed by atoms with van der Waals surface area (Å²) in [7, 11) is -2.53. The first-order chi connectivity index (χ1) is 6.27. The molecule has 1 unspecified atom stereocenters. The number of para-hydroxylation sites is 2. The molecular formula is C8H9NO3S. The molecule has 0 fully saturated rings. The monoisotopic (exact) mass is 199 g/mol. The molecule has 0 spiro atoms. The van der Waals surface area contributed by atoms with E-state index in [1.807, 2.05) is 12.1 Å². The second-order valence-electron chi connectivity index (χ2n) is 2.73. The van der Waals surface area contributed by atoms with Crippen molar-refractivity contribution in [1.82, 2.24) is 0 Å². The van der Waals surface area contributed by atoms with Gasteiger partial charge in [0.15, 0.2) is 10.7 Å². The predicted molar refractivity (Wildman–Crippen MR) is 49.7 cm³/mol. The maximum absolute atomic E-state index is 10.6. The number of anilines is 1. The molecule has 1 aliphatic rings.